The molecule has 3 rings (SSSR count). The van der Waals surface area contributed by atoms with Crippen molar-refractivity contribution in [3.8, 4) is 0 Å². The molecular formula is C27H27Cl4N3O4S. The van der Waals surface area contributed by atoms with E-state index in [0.29, 0.717) is 22.2 Å². The maximum absolute atomic E-state index is 14.0. The van der Waals surface area contributed by atoms with Gasteiger partial charge in [0.2, 0.25) is 21.8 Å². The van der Waals surface area contributed by atoms with E-state index < -0.39 is 34.4 Å². The summed E-state index contributed by atoms with van der Waals surface area (Å²) >= 11 is 24.9. The maximum atomic E-state index is 14.0. The lowest BCUT2D eigenvalue weighted by molar-refractivity contribution is -0.140. The van der Waals surface area contributed by atoms with E-state index in [2.05, 4.69) is 5.32 Å². The fraction of sp³-hybridized carbons (Fsp3) is 0.259. The van der Waals surface area contributed by atoms with Crippen LogP contribution >= 0.6 is 46.4 Å². The molecule has 0 saturated heterocycles. The molecule has 0 fully saturated rings. The SMILES string of the molecule is CCNC(=O)[C@@H](Cc1ccccc1)N(Cc1ccc(Cl)cc1Cl)C(=O)CN(c1cc(Cl)ccc1Cl)S(C)(=O)=O. The number of hydrogen-bond acceptors (Lipinski definition) is 4. The normalized spacial score (nSPS) is 12.1. The van der Waals surface area contributed by atoms with E-state index in [4.69, 9.17) is 46.4 Å². The second-order valence-electron chi connectivity index (χ2n) is 8.72. The van der Waals surface area contributed by atoms with E-state index >= 15 is 0 Å². The molecule has 0 saturated carbocycles. The van der Waals surface area contributed by atoms with Crippen molar-refractivity contribution >= 4 is 73.9 Å². The molecule has 2 amide bonds. The molecule has 0 aliphatic heterocycles. The lowest BCUT2D eigenvalue weighted by Crippen LogP contribution is -2.53. The molecule has 12 heteroatoms. The predicted octanol–water partition coefficient (Wildman–Crippen LogP) is 5.84. The molecule has 1 N–H and O–H groups in total. The van der Waals surface area contributed by atoms with Gasteiger partial charge in [-0.15, -0.1) is 0 Å². The molecule has 7 nitrogen and oxygen atoms in total. The molecule has 208 valence electrons. The van der Waals surface area contributed by atoms with Gasteiger partial charge in [0.15, 0.2) is 0 Å². The van der Waals surface area contributed by atoms with Crippen molar-refractivity contribution in [3.63, 3.8) is 0 Å². The smallest absolute Gasteiger partial charge is 0.244 e. The largest absolute Gasteiger partial charge is 0.355 e. The molecule has 0 aliphatic rings. The lowest BCUT2D eigenvalue weighted by Gasteiger charge is -2.33. The van der Waals surface area contributed by atoms with Gasteiger partial charge >= 0.3 is 0 Å². The number of nitrogens with one attached hydrogen (secondary N) is 1. The Hall–Kier alpha value is -2.49. The van der Waals surface area contributed by atoms with E-state index in [1.807, 2.05) is 30.3 Å². The number of carbonyl (C=O) groups excluding carboxylic acids is 2. The minimum atomic E-state index is -3.99. The zero-order valence-corrected chi connectivity index (χ0v) is 25.0. The Balaban J connectivity index is 2.09. The second-order valence-corrected chi connectivity index (χ2v) is 12.3. The highest BCUT2D eigenvalue weighted by atomic mass is 35.5. The first kappa shape index (κ1) is 31.0. The molecule has 0 spiro atoms. The summed E-state index contributed by atoms with van der Waals surface area (Å²) in [5.41, 5.74) is 1.39. The highest BCUT2D eigenvalue weighted by molar-refractivity contribution is 7.92. The Labute approximate surface area is 248 Å². The molecule has 39 heavy (non-hydrogen) atoms. The van der Waals surface area contributed by atoms with E-state index in [0.717, 1.165) is 16.1 Å². The van der Waals surface area contributed by atoms with Crippen LogP contribution in [0.3, 0.4) is 0 Å². The van der Waals surface area contributed by atoms with Crippen LogP contribution in [0.5, 0.6) is 0 Å². The third kappa shape index (κ3) is 8.50. The number of halogens is 4. The van der Waals surface area contributed by atoms with Gasteiger partial charge in [-0.2, -0.15) is 0 Å². The van der Waals surface area contributed by atoms with E-state index in [1.54, 1.807) is 19.1 Å². The van der Waals surface area contributed by atoms with Gasteiger partial charge in [-0.3, -0.25) is 13.9 Å². The summed E-state index contributed by atoms with van der Waals surface area (Å²) in [6.45, 7) is 1.40. The van der Waals surface area contributed by atoms with Gasteiger partial charge in [-0.05, 0) is 48.4 Å². The van der Waals surface area contributed by atoms with Gasteiger partial charge in [0.1, 0.15) is 12.6 Å². The quantitative estimate of drug-likeness (QED) is 0.288. The van der Waals surface area contributed by atoms with E-state index in [9.17, 15) is 18.0 Å². The van der Waals surface area contributed by atoms with Gasteiger partial charge in [0, 0.05) is 34.6 Å². The number of amides is 2. The molecule has 3 aromatic carbocycles. The lowest BCUT2D eigenvalue weighted by atomic mass is 10.0. The van der Waals surface area contributed by atoms with Crippen LogP contribution in [-0.2, 0) is 32.6 Å². The summed E-state index contributed by atoms with van der Waals surface area (Å²) in [5.74, 6) is -1.04. The van der Waals surface area contributed by atoms with Crippen molar-refractivity contribution in [2.45, 2.75) is 25.9 Å². The fourth-order valence-electron chi connectivity index (χ4n) is 3.95. The van der Waals surface area contributed by atoms with Crippen LogP contribution in [0.1, 0.15) is 18.1 Å². The number of carbonyl (C=O) groups is 2. The summed E-state index contributed by atoms with van der Waals surface area (Å²) in [7, 11) is -3.99. The highest BCUT2D eigenvalue weighted by Crippen LogP contribution is 2.31. The van der Waals surface area contributed by atoms with Crippen molar-refractivity contribution in [2.24, 2.45) is 0 Å². The topological polar surface area (TPSA) is 86.8 Å². The Morgan fingerprint density at radius 2 is 1.54 bits per heavy atom. The van der Waals surface area contributed by atoms with Gasteiger partial charge in [0.25, 0.3) is 0 Å². The summed E-state index contributed by atoms with van der Waals surface area (Å²) < 4.78 is 26.6. The molecular weight excluding hydrogens is 604 g/mol. The number of hydrogen-bond donors (Lipinski definition) is 1. The van der Waals surface area contributed by atoms with Crippen LogP contribution in [-0.4, -0.2) is 50.5 Å². The minimum Gasteiger partial charge on any atom is -0.355 e. The summed E-state index contributed by atoms with van der Waals surface area (Å²) in [6, 6.07) is 17.4. The number of rotatable bonds is 11. The van der Waals surface area contributed by atoms with E-state index in [1.165, 1.54) is 29.2 Å². The first-order valence-corrected chi connectivity index (χ1v) is 15.2. The molecule has 1 atom stereocenters. The monoisotopic (exact) mass is 629 g/mol. The van der Waals surface area contributed by atoms with Gasteiger partial charge < -0.3 is 10.2 Å². The average molecular weight is 631 g/mol. The molecule has 0 heterocycles. The highest BCUT2D eigenvalue weighted by Gasteiger charge is 2.33. The maximum Gasteiger partial charge on any atom is 0.244 e. The number of likely N-dealkylation sites (N-methyl/N-ethyl adjacent to an activating group) is 1. The third-order valence-electron chi connectivity index (χ3n) is 5.83. The van der Waals surface area contributed by atoms with Crippen molar-refractivity contribution < 1.29 is 18.0 Å². The van der Waals surface area contributed by atoms with E-state index in [-0.39, 0.29) is 28.7 Å². The van der Waals surface area contributed by atoms with Crippen molar-refractivity contribution in [1.29, 1.82) is 0 Å². The Bertz CT molecular complexity index is 1440. The number of benzene rings is 3. The summed E-state index contributed by atoms with van der Waals surface area (Å²) in [4.78, 5) is 28.7. The first-order valence-electron chi connectivity index (χ1n) is 11.9. The minimum absolute atomic E-state index is 0.0436. The van der Waals surface area contributed by atoms with Crippen LogP contribution in [0.4, 0.5) is 5.69 Å². The zero-order valence-electron chi connectivity index (χ0n) is 21.2. The molecule has 3 aromatic rings. The zero-order chi connectivity index (χ0) is 28.7. The van der Waals surface area contributed by atoms with Gasteiger partial charge in [-0.25, -0.2) is 8.42 Å². The van der Waals surface area contributed by atoms with Gasteiger partial charge in [0.05, 0.1) is 17.0 Å². The summed E-state index contributed by atoms with van der Waals surface area (Å²) in [6.07, 6.45) is 1.14. The molecule has 0 bridgehead atoms. The van der Waals surface area contributed by atoms with Crippen LogP contribution in [0.25, 0.3) is 0 Å². The molecule has 0 radical (unpaired) electrons. The molecule has 0 aliphatic carbocycles. The Morgan fingerprint density at radius 1 is 0.897 bits per heavy atom. The van der Waals surface area contributed by atoms with Crippen LogP contribution in [0.2, 0.25) is 20.1 Å². The van der Waals surface area contributed by atoms with Gasteiger partial charge in [-0.1, -0.05) is 82.8 Å². The van der Waals surface area contributed by atoms with Crippen LogP contribution in [0.15, 0.2) is 66.7 Å². The number of sulfonamides is 1. The fourth-order valence-corrected chi connectivity index (χ4v) is 5.71. The number of nitrogens with zero attached hydrogens (tertiary/aromatic N) is 2. The number of anilines is 1. The van der Waals surface area contributed by atoms with Crippen LogP contribution in [0, 0.1) is 0 Å². The van der Waals surface area contributed by atoms with Crippen molar-refractivity contribution in [3.05, 3.63) is 97.9 Å². The van der Waals surface area contributed by atoms with Crippen molar-refractivity contribution in [1.82, 2.24) is 10.2 Å². The Morgan fingerprint density at radius 3 is 2.15 bits per heavy atom. The third-order valence-corrected chi connectivity index (χ3v) is 8.10. The summed E-state index contributed by atoms with van der Waals surface area (Å²) in [5, 5.41) is 3.82. The molecule has 0 aromatic heterocycles. The average Bonchev–Trinajstić information content (AvgIpc) is 2.87. The Kier molecular flexibility index (Phi) is 10.9. The first-order chi connectivity index (χ1) is 18.4. The van der Waals surface area contributed by atoms with Crippen LogP contribution < -0.4 is 9.62 Å². The molecule has 0 unspecified atom stereocenters. The predicted molar refractivity (Wildman–Crippen MR) is 158 cm³/mol. The standard InChI is InChI=1S/C27H27Cl4N3O4S/c1-3-32-27(36)25(13-18-7-5-4-6-8-18)33(16-19-9-10-20(28)14-23(19)31)26(35)17-34(39(2,37)38)24-15-21(29)11-12-22(24)30/h4-12,14-15,25H,3,13,16-17H2,1-2H3,(H,32,36)/t25-/m1/s1. The van der Waals surface area contributed by atoms with Crippen molar-refractivity contribution in [2.75, 3.05) is 23.7 Å². The second kappa shape index (κ2) is 13.7.